The highest BCUT2D eigenvalue weighted by molar-refractivity contribution is 7.89. The molecule has 4 rings (SSSR count). The van der Waals surface area contributed by atoms with E-state index in [1.165, 1.54) is 5.56 Å². The minimum atomic E-state index is -3.62. The summed E-state index contributed by atoms with van der Waals surface area (Å²) < 4.78 is 30.8. The Balaban J connectivity index is 1.54. The van der Waals surface area contributed by atoms with Gasteiger partial charge in [-0.1, -0.05) is 48.0 Å². The molecule has 0 unspecified atom stereocenters. The molecule has 6 nitrogen and oxygen atoms in total. The molecule has 1 N–H and O–H groups in total. The third-order valence-corrected chi connectivity index (χ3v) is 7.33. The van der Waals surface area contributed by atoms with Gasteiger partial charge < -0.3 is 4.57 Å². The topological polar surface area (TPSA) is 76.9 Å². The highest BCUT2D eigenvalue weighted by atomic mass is 32.2. The average Bonchev–Trinajstić information content (AvgIpc) is 3.09. The SMILES string of the molecule is Cc1cc(C)c(S(=O)(=O)NCCn2c(CCc3ccccc3)nc3cccnc32)c(C)c1. The summed E-state index contributed by atoms with van der Waals surface area (Å²) in [5, 5.41) is 0. The number of sulfonamides is 1. The molecule has 0 aliphatic heterocycles. The van der Waals surface area contributed by atoms with Crippen LogP contribution in [0.5, 0.6) is 0 Å². The van der Waals surface area contributed by atoms with Crippen LogP contribution in [0.2, 0.25) is 0 Å². The molecule has 0 bridgehead atoms. The predicted octanol–water partition coefficient (Wildman–Crippen LogP) is 4.12. The third kappa shape index (κ3) is 4.74. The normalized spacial score (nSPS) is 11.8. The Morgan fingerprint density at radius 2 is 1.66 bits per heavy atom. The lowest BCUT2D eigenvalue weighted by Gasteiger charge is -2.14. The molecule has 0 fully saturated rings. The molecule has 2 aromatic heterocycles. The van der Waals surface area contributed by atoms with Gasteiger partial charge in [-0.2, -0.15) is 0 Å². The zero-order chi connectivity index (χ0) is 22.7. The van der Waals surface area contributed by atoms with E-state index < -0.39 is 10.0 Å². The molecule has 7 heteroatoms. The van der Waals surface area contributed by atoms with Crippen molar-refractivity contribution in [2.45, 2.75) is 45.1 Å². The van der Waals surface area contributed by atoms with Gasteiger partial charge in [-0.3, -0.25) is 0 Å². The summed E-state index contributed by atoms with van der Waals surface area (Å²) in [5.41, 5.74) is 5.41. The number of hydrogen-bond acceptors (Lipinski definition) is 4. The Bertz CT molecular complexity index is 1320. The zero-order valence-corrected chi connectivity index (χ0v) is 19.5. The number of nitrogens with one attached hydrogen (secondary N) is 1. The summed E-state index contributed by atoms with van der Waals surface area (Å²) in [4.78, 5) is 9.62. The van der Waals surface area contributed by atoms with Crippen LogP contribution in [0, 0.1) is 20.8 Å². The molecular weight excluding hydrogens is 420 g/mol. The number of fused-ring (bicyclic) bond motifs is 1. The van der Waals surface area contributed by atoms with E-state index in [0.29, 0.717) is 11.4 Å². The maximum atomic E-state index is 13.0. The fourth-order valence-corrected chi connectivity index (χ4v) is 5.76. The Labute approximate surface area is 189 Å². The largest absolute Gasteiger partial charge is 0.311 e. The summed E-state index contributed by atoms with van der Waals surface area (Å²) in [6.07, 6.45) is 3.35. The van der Waals surface area contributed by atoms with Crippen LogP contribution in [0.1, 0.15) is 28.1 Å². The molecule has 2 aromatic carbocycles. The Morgan fingerprint density at radius 3 is 2.38 bits per heavy atom. The van der Waals surface area contributed by atoms with E-state index in [4.69, 9.17) is 4.98 Å². The van der Waals surface area contributed by atoms with Crippen LogP contribution in [0.4, 0.5) is 0 Å². The van der Waals surface area contributed by atoms with Crippen molar-refractivity contribution in [2.24, 2.45) is 0 Å². The van der Waals surface area contributed by atoms with Gasteiger partial charge in [0.25, 0.3) is 0 Å². The average molecular weight is 449 g/mol. The molecule has 0 radical (unpaired) electrons. The van der Waals surface area contributed by atoms with Crippen molar-refractivity contribution in [3.05, 3.63) is 88.9 Å². The van der Waals surface area contributed by atoms with E-state index in [9.17, 15) is 8.42 Å². The molecule has 0 saturated carbocycles. The predicted molar refractivity (Wildman–Crippen MR) is 127 cm³/mol. The third-order valence-electron chi connectivity index (χ3n) is 5.56. The highest BCUT2D eigenvalue weighted by Gasteiger charge is 2.20. The number of pyridine rings is 1. The van der Waals surface area contributed by atoms with E-state index in [1.54, 1.807) is 6.20 Å². The summed E-state index contributed by atoms with van der Waals surface area (Å²) in [6, 6.07) is 17.9. The highest BCUT2D eigenvalue weighted by Crippen LogP contribution is 2.22. The lowest BCUT2D eigenvalue weighted by atomic mass is 10.1. The van der Waals surface area contributed by atoms with Gasteiger partial charge in [0.2, 0.25) is 10.0 Å². The quantitative estimate of drug-likeness (QED) is 0.440. The zero-order valence-electron chi connectivity index (χ0n) is 18.7. The first-order valence-electron chi connectivity index (χ1n) is 10.8. The van der Waals surface area contributed by atoms with Crippen molar-refractivity contribution >= 4 is 21.2 Å². The second kappa shape index (κ2) is 9.22. The molecule has 32 heavy (non-hydrogen) atoms. The van der Waals surface area contributed by atoms with Gasteiger partial charge in [-0.05, 0) is 56.0 Å². The van der Waals surface area contributed by atoms with E-state index in [0.717, 1.165) is 46.5 Å². The van der Waals surface area contributed by atoms with Gasteiger partial charge in [0, 0.05) is 25.7 Å². The Hall–Kier alpha value is -3.03. The van der Waals surface area contributed by atoms with Gasteiger partial charge in [0.05, 0.1) is 4.90 Å². The summed E-state index contributed by atoms with van der Waals surface area (Å²) in [6.45, 7) is 6.36. The second-order valence-electron chi connectivity index (χ2n) is 8.14. The molecule has 166 valence electrons. The fourth-order valence-electron chi connectivity index (χ4n) is 4.29. The van der Waals surface area contributed by atoms with Gasteiger partial charge in [0.1, 0.15) is 11.3 Å². The Kier molecular flexibility index (Phi) is 6.39. The molecule has 0 aliphatic carbocycles. The van der Waals surface area contributed by atoms with Crippen molar-refractivity contribution in [3.8, 4) is 0 Å². The maximum absolute atomic E-state index is 13.0. The van der Waals surface area contributed by atoms with Crippen molar-refractivity contribution in [1.29, 1.82) is 0 Å². The number of benzene rings is 2. The number of aryl methyl sites for hydroxylation is 5. The van der Waals surface area contributed by atoms with Crippen molar-refractivity contribution in [1.82, 2.24) is 19.3 Å². The monoisotopic (exact) mass is 448 g/mol. The van der Waals surface area contributed by atoms with Crippen LogP contribution in [-0.2, 0) is 29.4 Å². The number of aromatic nitrogens is 3. The smallest absolute Gasteiger partial charge is 0.241 e. The van der Waals surface area contributed by atoms with E-state index in [2.05, 4.69) is 21.8 Å². The minimum Gasteiger partial charge on any atom is -0.311 e. The lowest BCUT2D eigenvalue weighted by Crippen LogP contribution is -2.29. The summed E-state index contributed by atoms with van der Waals surface area (Å²) in [5.74, 6) is 0.907. The van der Waals surface area contributed by atoms with Gasteiger partial charge in [0.15, 0.2) is 5.65 Å². The Morgan fingerprint density at radius 1 is 0.938 bits per heavy atom. The summed E-state index contributed by atoms with van der Waals surface area (Å²) >= 11 is 0. The molecule has 0 aliphatic rings. The standard InChI is InChI=1S/C25H28N4O2S/c1-18-16-19(2)24(20(3)17-18)32(30,31)27-14-15-29-23(12-11-21-8-5-4-6-9-21)28-22-10-7-13-26-25(22)29/h4-10,13,16-17,27H,11-12,14-15H2,1-3H3. The van der Waals surface area contributed by atoms with E-state index >= 15 is 0 Å². The van der Waals surface area contributed by atoms with Gasteiger partial charge in [-0.15, -0.1) is 0 Å². The maximum Gasteiger partial charge on any atom is 0.241 e. The van der Waals surface area contributed by atoms with E-state index in [-0.39, 0.29) is 6.54 Å². The van der Waals surface area contributed by atoms with Crippen molar-refractivity contribution < 1.29 is 8.42 Å². The number of nitrogens with zero attached hydrogens (tertiary/aromatic N) is 3. The molecule has 4 aromatic rings. The van der Waals surface area contributed by atoms with Gasteiger partial charge >= 0.3 is 0 Å². The molecule has 0 amide bonds. The van der Waals surface area contributed by atoms with Crippen LogP contribution in [-0.4, -0.2) is 29.5 Å². The second-order valence-corrected chi connectivity index (χ2v) is 9.84. The minimum absolute atomic E-state index is 0.259. The number of rotatable bonds is 8. The molecular formula is C25H28N4O2S. The lowest BCUT2D eigenvalue weighted by molar-refractivity contribution is 0.569. The molecule has 0 atom stereocenters. The van der Waals surface area contributed by atoms with Crippen molar-refractivity contribution in [2.75, 3.05) is 6.54 Å². The molecule has 0 spiro atoms. The first kappa shape index (κ1) is 22.2. The van der Waals surface area contributed by atoms with Crippen LogP contribution >= 0.6 is 0 Å². The van der Waals surface area contributed by atoms with Gasteiger partial charge in [-0.25, -0.2) is 23.1 Å². The molecule has 2 heterocycles. The van der Waals surface area contributed by atoms with Crippen LogP contribution in [0.25, 0.3) is 11.2 Å². The first-order valence-corrected chi connectivity index (χ1v) is 12.2. The van der Waals surface area contributed by atoms with E-state index in [1.807, 2.05) is 67.8 Å². The van der Waals surface area contributed by atoms with Crippen LogP contribution < -0.4 is 4.72 Å². The number of hydrogen-bond donors (Lipinski definition) is 1. The molecule has 0 saturated heterocycles. The fraction of sp³-hybridized carbons (Fsp3) is 0.280. The van der Waals surface area contributed by atoms with Crippen molar-refractivity contribution in [3.63, 3.8) is 0 Å². The van der Waals surface area contributed by atoms with Crippen LogP contribution in [0.3, 0.4) is 0 Å². The first-order chi connectivity index (χ1) is 15.3. The van der Waals surface area contributed by atoms with Crippen LogP contribution in [0.15, 0.2) is 65.7 Å². The number of imidazole rings is 1. The summed E-state index contributed by atoms with van der Waals surface area (Å²) in [7, 11) is -3.62.